The van der Waals surface area contributed by atoms with Gasteiger partial charge in [-0.05, 0) is 119 Å². The zero-order chi connectivity index (χ0) is 35.4. The molecule has 0 unspecified atom stereocenters. The van der Waals surface area contributed by atoms with Crippen molar-refractivity contribution in [2.75, 3.05) is 43.2 Å². The fourth-order valence-corrected chi connectivity index (χ4v) is 9.54. The Kier molecular flexibility index (Phi) is 11.7. The number of benzene rings is 2. The van der Waals surface area contributed by atoms with Crippen LogP contribution in [0.15, 0.2) is 66.1 Å². The van der Waals surface area contributed by atoms with E-state index < -0.39 is 33.0 Å². The molecular formula is C39H51ClN2O6S. The highest BCUT2D eigenvalue weighted by Gasteiger charge is 2.44. The molecule has 1 fully saturated rings. The number of aryl methyl sites for hydroxylation is 1. The number of esters is 1. The predicted octanol–water partition coefficient (Wildman–Crippen LogP) is 7.96. The van der Waals surface area contributed by atoms with Gasteiger partial charge in [0, 0.05) is 42.0 Å². The number of allylic oxidation sites excluding steroid dienone is 1. The summed E-state index contributed by atoms with van der Waals surface area (Å²) in [5, 5.41) is 0.734. The molecule has 1 heterocycles. The highest BCUT2D eigenvalue weighted by Crippen LogP contribution is 2.47. The number of hydrogen-bond acceptors (Lipinski definition) is 7. The molecule has 0 aromatic heterocycles. The average Bonchev–Trinajstić information content (AvgIpc) is 3.17. The van der Waals surface area contributed by atoms with Gasteiger partial charge in [-0.1, -0.05) is 29.8 Å². The molecule has 5 rings (SSSR count). The summed E-state index contributed by atoms with van der Waals surface area (Å²) in [4.78, 5) is 29.0. The molecule has 49 heavy (non-hydrogen) atoms. The molecule has 2 aliphatic carbocycles. The van der Waals surface area contributed by atoms with E-state index in [1.54, 1.807) is 40.0 Å². The first-order chi connectivity index (χ1) is 23.3. The Bertz CT molecular complexity index is 1690. The second-order valence-electron chi connectivity index (χ2n) is 14.8. The third-order valence-electron chi connectivity index (χ3n) is 10.0. The topological polar surface area (TPSA) is 94.5 Å². The minimum atomic E-state index is -3.24. The molecule has 3 aliphatic rings. The van der Waals surface area contributed by atoms with Gasteiger partial charge in [0.15, 0.2) is 0 Å². The fraction of sp³-hybridized carbons (Fsp3) is 0.538. The van der Waals surface area contributed by atoms with E-state index in [1.165, 1.54) is 11.1 Å². The zero-order valence-corrected chi connectivity index (χ0v) is 31.0. The number of rotatable bonds is 12. The molecule has 1 aliphatic heterocycles. The largest absolute Gasteiger partial charge is 0.490 e. The minimum absolute atomic E-state index is 0.0288. The van der Waals surface area contributed by atoms with Crippen LogP contribution in [0.25, 0.3) is 0 Å². The van der Waals surface area contributed by atoms with Crippen LogP contribution in [0.1, 0.15) is 80.8 Å². The molecule has 1 saturated carbocycles. The number of fused-ring (bicyclic) bond motifs is 3. The summed E-state index contributed by atoms with van der Waals surface area (Å²) in [5.74, 6) is -0.234. The Morgan fingerprint density at radius 1 is 1.20 bits per heavy atom. The number of carbonyl (C=O) groups is 2. The normalized spacial score (nSPS) is 23.4. The van der Waals surface area contributed by atoms with Crippen molar-refractivity contribution in [3.63, 3.8) is 0 Å². The van der Waals surface area contributed by atoms with E-state index in [0.717, 1.165) is 49.4 Å². The van der Waals surface area contributed by atoms with Crippen molar-refractivity contribution < 1.29 is 28.0 Å². The summed E-state index contributed by atoms with van der Waals surface area (Å²) in [7, 11) is -1.51. The summed E-state index contributed by atoms with van der Waals surface area (Å²) in [6, 6.07) is 11.5. The third-order valence-corrected chi connectivity index (χ3v) is 12.4. The van der Waals surface area contributed by atoms with Crippen LogP contribution in [0.3, 0.4) is 0 Å². The van der Waals surface area contributed by atoms with Crippen LogP contribution in [-0.4, -0.2) is 66.1 Å². The van der Waals surface area contributed by atoms with Gasteiger partial charge in [0.05, 0.1) is 28.1 Å². The molecule has 0 bridgehead atoms. The molecule has 1 spiro atoms. The van der Waals surface area contributed by atoms with Gasteiger partial charge in [-0.3, -0.25) is 9.59 Å². The van der Waals surface area contributed by atoms with Crippen molar-refractivity contribution in [3.05, 3.63) is 83.4 Å². The van der Waals surface area contributed by atoms with E-state index >= 15 is 0 Å². The Balaban J connectivity index is 1.52. The number of anilines is 1. The standard InChI is InChI=1S/C39H51ClN2O6S/c1-7-9-10-20-49(45,24-36(43)48-38(3,4)5)41-37(44)28-14-18-35-33(22-28)42(23-29-13-16-31(29)34(8-2)46-6)25-39(26-47-35)19-11-12-27-21-30(40)15-17-32(27)39/h7-8,14-15,17-18,21-22,29,31,34H,1-2,9-13,16,19-20,23-26H2,3-6H3/t29-,31+,34-,39-,49-/m0/s1. The van der Waals surface area contributed by atoms with E-state index in [1.807, 2.05) is 24.3 Å². The lowest BCUT2D eigenvalue weighted by Gasteiger charge is -2.46. The molecule has 0 saturated heterocycles. The highest BCUT2D eigenvalue weighted by molar-refractivity contribution is 7.94. The number of ether oxygens (including phenoxy) is 3. The highest BCUT2D eigenvalue weighted by atomic mass is 35.5. The molecule has 2 aromatic rings. The SMILES string of the molecule is C=CCCC[S@](=O)(CC(=O)OC(C)(C)C)=NC(=O)c1ccc2c(c1)N(C[C@@H]1CC[C@H]1[C@H](C=C)OC)C[C@@]1(CCCc3cc(Cl)ccc31)CO2. The first-order valence-electron chi connectivity index (χ1n) is 17.3. The molecule has 1 amide bonds. The lowest BCUT2D eigenvalue weighted by atomic mass is 9.68. The van der Waals surface area contributed by atoms with Crippen LogP contribution < -0.4 is 9.64 Å². The van der Waals surface area contributed by atoms with Gasteiger partial charge in [0.2, 0.25) is 0 Å². The third kappa shape index (κ3) is 8.78. The lowest BCUT2D eigenvalue weighted by Crippen LogP contribution is -2.49. The van der Waals surface area contributed by atoms with Crippen molar-refractivity contribution >= 4 is 38.9 Å². The van der Waals surface area contributed by atoms with Crippen LogP contribution in [0.5, 0.6) is 5.75 Å². The zero-order valence-electron chi connectivity index (χ0n) is 29.4. The van der Waals surface area contributed by atoms with Crippen molar-refractivity contribution in [3.8, 4) is 5.75 Å². The maximum atomic E-state index is 14.1. The van der Waals surface area contributed by atoms with E-state index in [-0.39, 0.29) is 17.3 Å². The van der Waals surface area contributed by atoms with Crippen LogP contribution >= 0.6 is 11.6 Å². The van der Waals surface area contributed by atoms with E-state index in [2.05, 4.69) is 34.6 Å². The van der Waals surface area contributed by atoms with Crippen LogP contribution in [0.2, 0.25) is 5.02 Å². The van der Waals surface area contributed by atoms with E-state index in [9.17, 15) is 13.8 Å². The molecule has 8 nitrogen and oxygen atoms in total. The monoisotopic (exact) mass is 710 g/mol. The van der Waals surface area contributed by atoms with Gasteiger partial charge in [0.1, 0.15) is 17.1 Å². The van der Waals surface area contributed by atoms with Gasteiger partial charge in [0.25, 0.3) is 5.91 Å². The quantitative estimate of drug-likeness (QED) is 0.125. The van der Waals surface area contributed by atoms with Gasteiger partial charge < -0.3 is 19.1 Å². The Morgan fingerprint density at radius 3 is 2.67 bits per heavy atom. The molecule has 266 valence electrons. The molecule has 0 N–H and O–H groups in total. The molecule has 10 heteroatoms. The second kappa shape index (κ2) is 15.4. The number of amides is 1. The number of carbonyl (C=O) groups excluding carboxylic acids is 2. The van der Waals surface area contributed by atoms with Crippen LogP contribution in [-0.2, 0) is 35.8 Å². The van der Waals surface area contributed by atoms with Gasteiger partial charge >= 0.3 is 5.97 Å². The molecule has 0 radical (unpaired) electrons. The maximum Gasteiger partial charge on any atom is 0.320 e. The number of hydrogen-bond donors (Lipinski definition) is 0. The molecule has 2 aromatic carbocycles. The van der Waals surface area contributed by atoms with E-state index in [0.29, 0.717) is 49.1 Å². The average molecular weight is 711 g/mol. The second-order valence-corrected chi connectivity index (χ2v) is 17.6. The van der Waals surface area contributed by atoms with Gasteiger partial charge in [-0.25, -0.2) is 4.21 Å². The summed E-state index contributed by atoms with van der Waals surface area (Å²) < 4.78 is 36.1. The summed E-state index contributed by atoms with van der Waals surface area (Å²) in [5.41, 5.74) is 2.61. The van der Waals surface area contributed by atoms with Crippen molar-refractivity contribution in [2.24, 2.45) is 16.2 Å². The Morgan fingerprint density at radius 2 is 2.00 bits per heavy atom. The number of nitrogens with zero attached hydrogens (tertiary/aromatic N) is 2. The van der Waals surface area contributed by atoms with Crippen LogP contribution in [0, 0.1) is 11.8 Å². The number of unbranched alkanes of at least 4 members (excludes halogenated alkanes) is 1. The number of halogens is 1. The van der Waals surface area contributed by atoms with E-state index in [4.69, 9.17) is 25.8 Å². The minimum Gasteiger partial charge on any atom is -0.490 e. The van der Waals surface area contributed by atoms with Gasteiger partial charge in [-0.15, -0.1) is 13.2 Å². The van der Waals surface area contributed by atoms with Gasteiger partial charge in [-0.2, -0.15) is 4.36 Å². The number of methoxy groups -OCH3 is 1. The molecular weight excluding hydrogens is 660 g/mol. The van der Waals surface area contributed by atoms with Crippen molar-refractivity contribution in [1.29, 1.82) is 0 Å². The molecule has 5 atom stereocenters. The first-order valence-corrected chi connectivity index (χ1v) is 19.6. The Hall–Kier alpha value is -3.14. The fourth-order valence-electron chi connectivity index (χ4n) is 7.59. The maximum absolute atomic E-state index is 14.1. The van der Waals surface area contributed by atoms with Crippen LogP contribution in [0.4, 0.5) is 5.69 Å². The summed E-state index contributed by atoms with van der Waals surface area (Å²) in [6.45, 7) is 15.0. The lowest BCUT2D eigenvalue weighted by molar-refractivity contribution is -0.151. The Labute approximate surface area is 297 Å². The first kappa shape index (κ1) is 37.1. The summed E-state index contributed by atoms with van der Waals surface area (Å²) >= 11 is 6.44. The predicted molar refractivity (Wildman–Crippen MR) is 197 cm³/mol. The smallest absolute Gasteiger partial charge is 0.320 e. The van der Waals surface area contributed by atoms with Crippen molar-refractivity contribution in [2.45, 2.75) is 82.8 Å². The van der Waals surface area contributed by atoms with Crippen molar-refractivity contribution in [1.82, 2.24) is 0 Å². The summed E-state index contributed by atoms with van der Waals surface area (Å²) in [6.07, 6.45) is 9.75.